The number of anilines is 2. The molecule has 1 aliphatic heterocycles. The molecule has 2 atom stereocenters. The van der Waals surface area contributed by atoms with Gasteiger partial charge in [-0.15, -0.1) is 0 Å². The average molecular weight is 462 g/mol. The van der Waals surface area contributed by atoms with E-state index in [1.54, 1.807) is 6.07 Å². The molecular weight excluding hydrogens is 441 g/mol. The summed E-state index contributed by atoms with van der Waals surface area (Å²) in [7, 11) is 0. The molecule has 0 radical (unpaired) electrons. The van der Waals surface area contributed by atoms with Crippen LogP contribution in [0.25, 0.3) is 0 Å². The minimum Gasteiger partial charge on any atom is -0.288 e. The second-order valence-electron chi connectivity index (χ2n) is 8.32. The molecule has 160 valence electrons. The predicted molar refractivity (Wildman–Crippen MR) is 128 cm³/mol. The van der Waals surface area contributed by atoms with E-state index in [4.69, 9.17) is 23.2 Å². The maximum absolute atomic E-state index is 14.1. The lowest BCUT2D eigenvalue weighted by molar-refractivity contribution is 0.252. The molecule has 0 aromatic heterocycles. The largest absolute Gasteiger partial charge is 0.330 e. The highest BCUT2D eigenvalue weighted by Crippen LogP contribution is 2.53. The van der Waals surface area contributed by atoms with Crippen molar-refractivity contribution in [2.45, 2.75) is 37.3 Å². The fourth-order valence-corrected chi connectivity index (χ4v) is 5.55. The van der Waals surface area contributed by atoms with E-state index < -0.39 is 5.54 Å². The first-order valence-electron chi connectivity index (χ1n) is 10.7. The maximum Gasteiger partial charge on any atom is 0.330 e. The van der Waals surface area contributed by atoms with Crippen molar-refractivity contribution in [3.8, 4) is 6.07 Å². The molecule has 1 aliphatic carbocycles. The van der Waals surface area contributed by atoms with Crippen molar-refractivity contribution in [1.82, 2.24) is 0 Å². The van der Waals surface area contributed by atoms with Crippen molar-refractivity contribution in [2.75, 3.05) is 9.80 Å². The molecule has 0 N–H and O–H groups in total. The molecule has 5 rings (SSSR count). The van der Waals surface area contributed by atoms with Gasteiger partial charge < -0.3 is 0 Å². The van der Waals surface area contributed by atoms with E-state index in [0.29, 0.717) is 15.6 Å². The van der Waals surface area contributed by atoms with E-state index in [9.17, 15) is 10.1 Å². The van der Waals surface area contributed by atoms with Gasteiger partial charge >= 0.3 is 6.03 Å². The molecule has 0 bridgehead atoms. The van der Waals surface area contributed by atoms with Crippen LogP contribution < -0.4 is 9.80 Å². The SMILES string of the molecule is N#Cc1cccc(C23CCCCC2N(c2ccc(Cl)cc2)C(=O)N3c2ccc(Cl)cc2)c1. The van der Waals surface area contributed by atoms with Crippen LogP contribution in [-0.4, -0.2) is 12.1 Å². The number of rotatable bonds is 3. The van der Waals surface area contributed by atoms with Gasteiger partial charge in [0, 0.05) is 21.4 Å². The molecule has 2 fully saturated rings. The van der Waals surface area contributed by atoms with Crippen molar-refractivity contribution in [3.63, 3.8) is 0 Å². The summed E-state index contributed by atoms with van der Waals surface area (Å²) in [5.74, 6) is 0. The van der Waals surface area contributed by atoms with Crippen LogP contribution in [0.1, 0.15) is 36.8 Å². The van der Waals surface area contributed by atoms with Gasteiger partial charge in [0.1, 0.15) is 0 Å². The van der Waals surface area contributed by atoms with Crippen LogP contribution in [0, 0.1) is 11.3 Å². The van der Waals surface area contributed by atoms with Gasteiger partial charge in [-0.05, 0) is 79.1 Å². The minimum atomic E-state index is -0.588. The van der Waals surface area contributed by atoms with Gasteiger partial charge in [0.15, 0.2) is 0 Å². The second-order valence-corrected chi connectivity index (χ2v) is 9.19. The van der Waals surface area contributed by atoms with Crippen LogP contribution in [0.2, 0.25) is 10.0 Å². The van der Waals surface area contributed by atoms with Crippen molar-refractivity contribution >= 4 is 40.6 Å². The van der Waals surface area contributed by atoms with Gasteiger partial charge in [0.05, 0.1) is 23.2 Å². The van der Waals surface area contributed by atoms with E-state index in [0.717, 1.165) is 42.6 Å². The monoisotopic (exact) mass is 461 g/mol. The number of halogens is 2. The molecule has 3 aromatic rings. The van der Waals surface area contributed by atoms with Crippen molar-refractivity contribution in [2.24, 2.45) is 0 Å². The van der Waals surface area contributed by atoms with Crippen LogP contribution in [0.5, 0.6) is 0 Å². The number of hydrogen-bond acceptors (Lipinski definition) is 2. The van der Waals surface area contributed by atoms with E-state index in [1.807, 2.05) is 76.5 Å². The summed E-state index contributed by atoms with van der Waals surface area (Å²) in [4.78, 5) is 17.9. The number of nitriles is 1. The third-order valence-electron chi connectivity index (χ3n) is 6.63. The Balaban J connectivity index is 1.75. The number of carbonyl (C=O) groups is 1. The highest BCUT2D eigenvalue weighted by molar-refractivity contribution is 6.31. The molecule has 3 aromatic carbocycles. The predicted octanol–water partition coefficient (Wildman–Crippen LogP) is 7.15. The number of carbonyl (C=O) groups excluding carboxylic acids is 1. The van der Waals surface area contributed by atoms with Crippen molar-refractivity contribution in [3.05, 3.63) is 94.0 Å². The molecule has 1 saturated carbocycles. The fourth-order valence-electron chi connectivity index (χ4n) is 5.30. The summed E-state index contributed by atoms with van der Waals surface area (Å²) in [5.41, 5.74) is 2.61. The van der Waals surface area contributed by atoms with Crippen LogP contribution in [0.15, 0.2) is 72.8 Å². The molecule has 32 heavy (non-hydrogen) atoms. The Morgan fingerprint density at radius 2 is 1.56 bits per heavy atom. The molecule has 1 saturated heterocycles. The van der Waals surface area contributed by atoms with Crippen LogP contribution >= 0.6 is 23.2 Å². The van der Waals surface area contributed by atoms with Gasteiger partial charge in [-0.2, -0.15) is 5.26 Å². The highest BCUT2D eigenvalue weighted by atomic mass is 35.5. The Hall–Kier alpha value is -3.00. The quantitative estimate of drug-likeness (QED) is 0.415. The number of urea groups is 1. The third kappa shape index (κ3) is 3.24. The topological polar surface area (TPSA) is 47.3 Å². The summed E-state index contributed by atoms with van der Waals surface area (Å²) < 4.78 is 0. The minimum absolute atomic E-state index is 0.0745. The van der Waals surface area contributed by atoms with Crippen molar-refractivity contribution < 1.29 is 4.79 Å². The summed E-state index contributed by atoms with van der Waals surface area (Å²) in [6.07, 6.45) is 3.72. The van der Waals surface area contributed by atoms with Gasteiger partial charge in [0.2, 0.25) is 0 Å². The first kappa shape index (κ1) is 20.9. The van der Waals surface area contributed by atoms with E-state index in [2.05, 4.69) is 6.07 Å². The van der Waals surface area contributed by atoms with Gasteiger partial charge in [-0.1, -0.05) is 48.2 Å². The Morgan fingerprint density at radius 1 is 0.906 bits per heavy atom. The maximum atomic E-state index is 14.1. The Bertz CT molecular complexity index is 1200. The molecule has 2 amide bonds. The van der Waals surface area contributed by atoms with Gasteiger partial charge in [0.25, 0.3) is 0 Å². The number of hydrogen-bond donors (Lipinski definition) is 0. The standard InChI is InChI=1S/C26H21Cl2N3O/c27-20-7-11-22(12-8-20)30-24-6-1-2-15-26(24,19-5-3-4-18(16-19)17-29)31(25(30)32)23-13-9-21(28)10-14-23/h3-5,7-14,16,24H,1-2,6,15H2. The average Bonchev–Trinajstić information content (AvgIpc) is 3.09. The zero-order valence-electron chi connectivity index (χ0n) is 17.3. The molecule has 4 nitrogen and oxygen atoms in total. The Labute approximate surface area is 197 Å². The van der Waals surface area contributed by atoms with E-state index in [-0.39, 0.29) is 12.1 Å². The summed E-state index contributed by atoms with van der Waals surface area (Å²) in [6, 6.07) is 24.6. The van der Waals surface area contributed by atoms with Crippen LogP contribution in [0.4, 0.5) is 16.2 Å². The smallest absolute Gasteiger partial charge is 0.288 e. The Morgan fingerprint density at radius 3 is 2.22 bits per heavy atom. The summed E-state index contributed by atoms with van der Waals surface area (Å²) in [5, 5.41) is 10.8. The number of nitrogens with zero attached hydrogens (tertiary/aromatic N) is 3. The summed E-state index contributed by atoms with van der Waals surface area (Å²) in [6.45, 7) is 0. The van der Waals surface area contributed by atoms with E-state index in [1.165, 1.54) is 0 Å². The molecule has 2 unspecified atom stereocenters. The molecule has 1 heterocycles. The molecular formula is C26H21Cl2N3O. The number of amides is 2. The van der Waals surface area contributed by atoms with Crippen LogP contribution in [-0.2, 0) is 5.54 Å². The third-order valence-corrected chi connectivity index (χ3v) is 7.13. The first-order chi connectivity index (χ1) is 15.5. The lowest BCUT2D eigenvalue weighted by Gasteiger charge is -2.45. The van der Waals surface area contributed by atoms with Crippen molar-refractivity contribution in [1.29, 1.82) is 5.26 Å². The number of benzene rings is 3. The zero-order valence-corrected chi connectivity index (χ0v) is 18.9. The lowest BCUT2D eigenvalue weighted by Crippen LogP contribution is -2.51. The summed E-state index contributed by atoms with van der Waals surface area (Å²) >= 11 is 12.3. The first-order valence-corrected chi connectivity index (χ1v) is 11.5. The molecule has 0 spiro atoms. The van der Waals surface area contributed by atoms with Gasteiger partial charge in [-0.3, -0.25) is 9.80 Å². The Kier molecular flexibility index (Phi) is 5.33. The van der Waals surface area contributed by atoms with Gasteiger partial charge in [-0.25, -0.2) is 4.79 Å². The molecule has 6 heteroatoms. The highest BCUT2D eigenvalue weighted by Gasteiger charge is 2.59. The normalized spacial score (nSPS) is 22.5. The van der Waals surface area contributed by atoms with E-state index >= 15 is 0 Å². The number of fused-ring (bicyclic) bond motifs is 1. The molecule has 2 aliphatic rings. The lowest BCUT2D eigenvalue weighted by atomic mass is 9.72. The zero-order chi connectivity index (χ0) is 22.3. The fraction of sp³-hybridized carbons (Fsp3) is 0.231. The second kappa shape index (κ2) is 8.16. The van der Waals surface area contributed by atoms with Crippen LogP contribution in [0.3, 0.4) is 0 Å².